The maximum atomic E-state index is 13.9. The molecule has 11 heteroatoms. The topological polar surface area (TPSA) is 95.8 Å². The molecule has 2 saturated carbocycles. The normalized spacial score (nSPS) is 24.4. The van der Waals surface area contributed by atoms with Gasteiger partial charge >= 0.3 is 0 Å². The van der Waals surface area contributed by atoms with Crippen LogP contribution in [0.2, 0.25) is 5.02 Å². The van der Waals surface area contributed by atoms with Gasteiger partial charge in [-0.15, -0.1) is 0 Å². The summed E-state index contributed by atoms with van der Waals surface area (Å²) in [6, 6.07) is 4.86. The first-order valence-electron chi connectivity index (χ1n) is 12.4. The fraction of sp³-hybridized carbons (Fsp3) is 0.310. The van der Waals surface area contributed by atoms with Crippen LogP contribution in [0.4, 0.5) is 18.9 Å². The maximum Gasteiger partial charge on any atom is 0.255 e. The van der Waals surface area contributed by atoms with Crippen molar-refractivity contribution < 1.29 is 31.5 Å². The van der Waals surface area contributed by atoms with Gasteiger partial charge in [0.1, 0.15) is 5.60 Å². The Bertz CT molecular complexity index is 1560. The van der Waals surface area contributed by atoms with Crippen LogP contribution in [0.3, 0.4) is 0 Å². The highest BCUT2D eigenvalue weighted by atomic mass is 35.5. The molecular formula is C29H26ClF3N2O4S. The van der Waals surface area contributed by atoms with E-state index in [0.29, 0.717) is 30.5 Å². The molecule has 40 heavy (non-hydrogen) atoms. The smallest absolute Gasteiger partial charge is 0.255 e. The van der Waals surface area contributed by atoms with Crippen molar-refractivity contribution in [2.24, 2.45) is 16.8 Å². The summed E-state index contributed by atoms with van der Waals surface area (Å²) in [5, 5.41) is 12.5. The minimum absolute atomic E-state index is 0.0872. The van der Waals surface area contributed by atoms with Gasteiger partial charge in [0.05, 0.1) is 15.2 Å². The first-order chi connectivity index (χ1) is 18.9. The number of benzene rings is 2. The molecule has 2 unspecified atom stereocenters. The number of rotatable bonds is 6. The largest absolute Gasteiger partial charge is 0.378 e. The summed E-state index contributed by atoms with van der Waals surface area (Å²) in [5.74, 6) is -0.448. The van der Waals surface area contributed by atoms with E-state index in [2.05, 4.69) is 28.9 Å². The number of aliphatic hydroxyl groups is 1. The number of nitrogens with zero attached hydrogens (tertiary/aromatic N) is 1. The van der Waals surface area contributed by atoms with Crippen LogP contribution in [0, 0.1) is 41.1 Å². The van der Waals surface area contributed by atoms with E-state index in [0.717, 1.165) is 6.07 Å². The fourth-order valence-corrected chi connectivity index (χ4v) is 8.35. The molecular weight excluding hydrogens is 565 g/mol. The molecule has 2 aliphatic rings. The van der Waals surface area contributed by atoms with Crippen molar-refractivity contribution in [2.75, 3.05) is 5.32 Å². The van der Waals surface area contributed by atoms with E-state index in [1.54, 1.807) is 19.1 Å². The van der Waals surface area contributed by atoms with Crippen LogP contribution < -0.4 is 5.32 Å². The van der Waals surface area contributed by atoms with E-state index in [1.807, 2.05) is 0 Å². The number of halogens is 4. The zero-order valence-corrected chi connectivity index (χ0v) is 23.0. The highest BCUT2D eigenvalue weighted by Crippen LogP contribution is 2.51. The Hall–Kier alpha value is -3.39. The van der Waals surface area contributed by atoms with Crippen molar-refractivity contribution in [2.45, 2.75) is 48.4 Å². The van der Waals surface area contributed by atoms with Gasteiger partial charge in [-0.05, 0) is 75.4 Å². The van der Waals surface area contributed by atoms with Gasteiger partial charge in [0, 0.05) is 35.2 Å². The lowest BCUT2D eigenvalue weighted by Crippen LogP contribution is -2.45. The molecule has 0 aromatic heterocycles. The minimum atomic E-state index is -4.06. The predicted octanol–water partition coefficient (Wildman–Crippen LogP) is 5.87. The number of carbonyl (C=O) groups excluding carboxylic acids is 1. The molecule has 2 N–H and O–H groups in total. The Balaban J connectivity index is 1.58. The van der Waals surface area contributed by atoms with E-state index < -0.39 is 44.0 Å². The van der Waals surface area contributed by atoms with Crippen molar-refractivity contribution in [3.63, 3.8) is 0 Å². The fourth-order valence-electron chi connectivity index (χ4n) is 5.51. The molecule has 0 saturated heterocycles. The number of sulfone groups is 1. The molecule has 2 aromatic carbocycles. The third-order valence-corrected chi connectivity index (χ3v) is 10.1. The summed E-state index contributed by atoms with van der Waals surface area (Å²) in [4.78, 5) is 16.2. The number of anilines is 1. The molecule has 2 fully saturated rings. The summed E-state index contributed by atoms with van der Waals surface area (Å²) < 4.78 is 68.1. The molecule has 0 radical (unpaired) electrons. The van der Waals surface area contributed by atoms with Gasteiger partial charge in [-0.25, -0.2) is 21.6 Å². The first-order valence-corrected chi connectivity index (χ1v) is 14.3. The third-order valence-electron chi connectivity index (χ3n) is 7.25. The Labute approximate surface area is 235 Å². The Kier molecular flexibility index (Phi) is 8.59. The zero-order valence-electron chi connectivity index (χ0n) is 21.4. The van der Waals surface area contributed by atoms with Crippen LogP contribution in [0.1, 0.15) is 43.0 Å². The number of allylic oxidation sites excluding steroid dienone is 3. The lowest BCUT2D eigenvalue weighted by molar-refractivity contribution is 0.0340. The van der Waals surface area contributed by atoms with Crippen LogP contribution in [-0.4, -0.2) is 37.0 Å². The van der Waals surface area contributed by atoms with Crippen molar-refractivity contribution in [3.05, 3.63) is 82.3 Å². The first kappa shape index (κ1) is 29.6. The van der Waals surface area contributed by atoms with E-state index in [-0.39, 0.29) is 45.8 Å². The molecule has 0 aliphatic heterocycles. The van der Waals surface area contributed by atoms with Crippen molar-refractivity contribution in [1.29, 1.82) is 0 Å². The summed E-state index contributed by atoms with van der Waals surface area (Å²) in [7, 11) is -4.06. The number of nitrogens with one attached hydrogen (secondary N) is 1. The van der Waals surface area contributed by atoms with Crippen molar-refractivity contribution in [3.8, 4) is 11.8 Å². The molecule has 210 valence electrons. The molecule has 2 aliphatic carbocycles. The zero-order chi connectivity index (χ0) is 29.2. The van der Waals surface area contributed by atoms with Crippen LogP contribution in [0.25, 0.3) is 0 Å². The van der Waals surface area contributed by atoms with Crippen LogP contribution in [0.15, 0.2) is 64.1 Å². The lowest BCUT2D eigenvalue weighted by atomic mass is 9.77. The molecule has 2 aromatic rings. The Morgan fingerprint density at radius 1 is 1.18 bits per heavy atom. The molecule has 4 rings (SSSR count). The molecule has 1 amide bonds. The second kappa shape index (κ2) is 11.6. The molecule has 6 nitrogen and oxygen atoms in total. The average molecular weight is 591 g/mol. The highest BCUT2D eigenvalue weighted by Gasteiger charge is 2.54. The minimum Gasteiger partial charge on any atom is -0.378 e. The molecule has 2 atom stereocenters. The van der Waals surface area contributed by atoms with Gasteiger partial charge in [0.15, 0.2) is 27.3 Å². The van der Waals surface area contributed by atoms with Gasteiger partial charge in [0.25, 0.3) is 5.91 Å². The van der Waals surface area contributed by atoms with Gasteiger partial charge in [-0.3, -0.25) is 9.79 Å². The Morgan fingerprint density at radius 2 is 1.80 bits per heavy atom. The third kappa shape index (κ3) is 6.02. The number of aliphatic imine (C=N–C) groups is 1. The summed E-state index contributed by atoms with van der Waals surface area (Å²) in [5.41, 5.74) is -1.20. The molecule has 2 bridgehead atoms. The maximum absolute atomic E-state index is 13.9. The van der Waals surface area contributed by atoms with Crippen molar-refractivity contribution in [1.82, 2.24) is 0 Å². The van der Waals surface area contributed by atoms with Gasteiger partial charge < -0.3 is 10.4 Å². The number of hydrogen-bond donors (Lipinski definition) is 2. The van der Waals surface area contributed by atoms with Gasteiger partial charge in [-0.1, -0.05) is 29.5 Å². The number of hydrogen-bond acceptors (Lipinski definition) is 5. The number of carbonyl (C=O) groups is 1. The van der Waals surface area contributed by atoms with Crippen LogP contribution in [-0.2, 0) is 9.84 Å². The van der Waals surface area contributed by atoms with Crippen molar-refractivity contribution >= 4 is 39.8 Å². The Morgan fingerprint density at radius 3 is 2.38 bits per heavy atom. The van der Waals surface area contributed by atoms with E-state index >= 15 is 0 Å². The van der Waals surface area contributed by atoms with Crippen LogP contribution in [0.5, 0.6) is 0 Å². The predicted molar refractivity (Wildman–Crippen MR) is 147 cm³/mol. The lowest BCUT2D eigenvalue weighted by Gasteiger charge is -2.38. The summed E-state index contributed by atoms with van der Waals surface area (Å²) >= 11 is 6.29. The second-order valence-corrected chi connectivity index (χ2v) is 12.4. The van der Waals surface area contributed by atoms with E-state index in [4.69, 9.17) is 11.6 Å². The quantitative estimate of drug-likeness (QED) is 0.190. The van der Waals surface area contributed by atoms with Crippen LogP contribution >= 0.6 is 11.6 Å². The summed E-state index contributed by atoms with van der Waals surface area (Å²) in [6.07, 6.45) is 6.36. The van der Waals surface area contributed by atoms with Gasteiger partial charge in [-0.2, -0.15) is 0 Å². The SMILES string of the molecule is C=N/C=C\C(C#C[C@]1(O)CC2CCC(C1)[C@H]2S(=O)(=O)c1cc(C(=O)Nc2cc(F)c(F)c(F)c2)ccc1Cl)=C/C. The highest BCUT2D eigenvalue weighted by molar-refractivity contribution is 7.92. The molecule has 0 spiro atoms. The monoisotopic (exact) mass is 590 g/mol. The number of fused-ring (bicyclic) bond motifs is 2. The van der Waals surface area contributed by atoms with Gasteiger partial charge in [0.2, 0.25) is 0 Å². The van der Waals surface area contributed by atoms with E-state index in [1.165, 1.54) is 18.3 Å². The average Bonchev–Trinajstić information content (AvgIpc) is 3.20. The number of amides is 1. The second-order valence-electron chi connectivity index (χ2n) is 9.89. The van der Waals surface area contributed by atoms with E-state index in [9.17, 15) is 31.5 Å². The summed E-state index contributed by atoms with van der Waals surface area (Å²) in [6.45, 7) is 5.17. The molecule has 0 heterocycles. The standard InChI is InChI=1S/C29H26ClF3N2O4S/c1-3-17(9-11-34-2)8-10-29(37)15-19-4-5-20(16-29)27(19)40(38,39)25-12-18(6-7-22(25)30)28(36)35-21-13-23(31)26(33)24(32)14-21/h3,6-7,9,11-14,19-20,27,37H,2,4-5,15-16H2,1H3,(H,35,36)/b11-9-,17-3-/t19?,20?,27-,29-.